The topological polar surface area (TPSA) is 56.2 Å². The minimum absolute atomic E-state index is 0.0253. The monoisotopic (exact) mass is 371 g/mol. The molecule has 0 saturated carbocycles. The van der Waals surface area contributed by atoms with E-state index in [1.807, 2.05) is 45.0 Å². The molecule has 0 aliphatic carbocycles. The molecule has 0 saturated heterocycles. The average Bonchev–Trinajstić information content (AvgIpc) is 2.91. The Balaban J connectivity index is 1.71. The molecule has 1 aromatic heterocycles. The van der Waals surface area contributed by atoms with Crippen molar-refractivity contribution in [2.75, 3.05) is 6.54 Å². The molecule has 26 heavy (non-hydrogen) atoms. The van der Waals surface area contributed by atoms with Crippen LogP contribution in [0.5, 0.6) is 5.75 Å². The molecule has 3 aromatic rings. The molecule has 5 nitrogen and oxygen atoms in total. The Morgan fingerprint density at radius 3 is 2.81 bits per heavy atom. The van der Waals surface area contributed by atoms with Gasteiger partial charge in [-0.3, -0.25) is 4.79 Å². The molecule has 6 heteroatoms. The number of nitrogens with one attached hydrogen (secondary N) is 1. The van der Waals surface area contributed by atoms with Crippen LogP contribution in [0.4, 0.5) is 0 Å². The first-order chi connectivity index (χ1) is 12.5. The molecular weight excluding hydrogens is 350 g/mol. The number of ether oxygens (including phenoxy) is 1. The molecule has 0 aliphatic heterocycles. The van der Waals surface area contributed by atoms with Crippen molar-refractivity contribution in [3.8, 4) is 5.75 Å². The van der Waals surface area contributed by atoms with Crippen molar-refractivity contribution in [1.29, 1.82) is 0 Å². The van der Waals surface area contributed by atoms with Crippen molar-refractivity contribution in [1.82, 2.24) is 14.9 Å². The van der Waals surface area contributed by atoms with Gasteiger partial charge in [0.05, 0.1) is 22.7 Å². The van der Waals surface area contributed by atoms with Crippen molar-refractivity contribution in [2.24, 2.45) is 0 Å². The van der Waals surface area contributed by atoms with E-state index in [1.165, 1.54) is 0 Å². The normalized spacial score (nSPS) is 11.1. The van der Waals surface area contributed by atoms with E-state index in [-0.39, 0.29) is 12.0 Å². The largest absolute Gasteiger partial charge is 0.490 e. The van der Waals surface area contributed by atoms with E-state index in [9.17, 15) is 4.79 Å². The predicted octanol–water partition coefficient (Wildman–Crippen LogP) is 4.22. The van der Waals surface area contributed by atoms with Gasteiger partial charge in [-0.15, -0.1) is 0 Å². The van der Waals surface area contributed by atoms with Gasteiger partial charge in [-0.1, -0.05) is 23.7 Å². The molecule has 0 bridgehead atoms. The van der Waals surface area contributed by atoms with Crippen molar-refractivity contribution in [3.63, 3.8) is 0 Å². The van der Waals surface area contributed by atoms with E-state index < -0.39 is 0 Å². The Kier molecular flexibility index (Phi) is 5.47. The molecule has 1 heterocycles. The summed E-state index contributed by atoms with van der Waals surface area (Å²) in [6.45, 7) is 6.92. The smallest absolute Gasteiger partial charge is 0.255 e. The van der Waals surface area contributed by atoms with Gasteiger partial charge in [0.2, 0.25) is 0 Å². The molecule has 1 amide bonds. The van der Waals surface area contributed by atoms with Gasteiger partial charge in [-0.2, -0.15) is 0 Å². The van der Waals surface area contributed by atoms with E-state index in [0.29, 0.717) is 29.4 Å². The maximum atomic E-state index is 12.6. The Bertz CT molecular complexity index is 934. The van der Waals surface area contributed by atoms with E-state index in [2.05, 4.69) is 14.9 Å². The first-order valence-corrected chi connectivity index (χ1v) is 9.00. The Morgan fingerprint density at radius 1 is 1.27 bits per heavy atom. The van der Waals surface area contributed by atoms with E-state index >= 15 is 0 Å². The van der Waals surface area contributed by atoms with Crippen LogP contribution in [-0.4, -0.2) is 28.1 Å². The van der Waals surface area contributed by atoms with Gasteiger partial charge in [0.1, 0.15) is 11.6 Å². The summed E-state index contributed by atoms with van der Waals surface area (Å²) in [7, 11) is 0. The molecule has 0 fully saturated rings. The van der Waals surface area contributed by atoms with Gasteiger partial charge in [-0.25, -0.2) is 4.98 Å². The second-order valence-corrected chi connectivity index (χ2v) is 6.80. The number of rotatable bonds is 6. The lowest BCUT2D eigenvalue weighted by molar-refractivity contribution is 0.0946. The number of hydrogen-bond acceptors (Lipinski definition) is 3. The molecule has 3 rings (SSSR count). The minimum Gasteiger partial charge on any atom is -0.490 e. The summed E-state index contributed by atoms with van der Waals surface area (Å²) in [4.78, 5) is 17.1. The maximum Gasteiger partial charge on any atom is 0.255 e. The molecule has 2 aromatic carbocycles. The van der Waals surface area contributed by atoms with Crippen molar-refractivity contribution in [3.05, 3.63) is 58.9 Å². The fraction of sp³-hybridized carbons (Fsp3) is 0.300. The Labute approximate surface area is 157 Å². The standard InChI is InChI=1S/C20H22ClN3O2/c1-13(2)26-19-9-8-15(21)12-16(19)20(25)22-10-11-24-14(3)23-17-6-4-5-7-18(17)24/h4-9,12-13H,10-11H2,1-3H3,(H,22,25). The molecule has 1 N–H and O–H groups in total. The minimum atomic E-state index is -0.203. The van der Waals surface area contributed by atoms with Gasteiger partial charge in [0.15, 0.2) is 0 Å². The molecule has 0 atom stereocenters. The third-order valence-corrected chi connectivity index (χ3v) is 4.25. The lowest BCUT2D eigenvalue weighted by Crippen LogP contribution is -2.28. The second kappa shape index (κ2) is 7.79. The Morgan fingerprint density at radius 2 is 2.04 bits per heavy atom. The van der Waals surface area contributed by atoms with Crippen LogP contribution in [0.2, 0.25) is 5.02 Å². The van der Waals surface area contributed by atoms with Gasteiger partial charge in [0.25, 0.3) is 5.91 Å². The summed E-state index contributed by atoms with van der Waals surface area (Å²) in [5.41, 5.74) is 2.46. The number of para-hydroxylation sites is 2. The van der Waals surface area contributed by atoms with E-state index in [1.54, 1.807) is 18.2 Å². The number of carbonyl (C=O) groups excluding carboxylic acids is 1. The molecule has 136 valence electrons. The first-order valence-electron chi connectivity index (χ1n) is 8.62. The average molecular weight is 372 g/mol. The van der Waals surface area contributed by atoms with Crippen molar-refractivity contribution < 1.29 is 9.53 Å². The summed E-state index contributed by atoms with van der Waals surface area (Å²) in [5, 5.41) is 3.45. The summed E-state index contributed by atoms with van der Waals surface area (Å²) < 4.78 is 7.81. The number of hydrogen-bond donors (Lipinski definition) is 1. The number of imidazole rings is 1. The molecule has 0 unspecified atom stereocenters. The highest BCUT2D eigenvalue weighted by atomic mass is 35.5. The highest BCUT2D eigenvalue weighted by Gasteiger charge is 2.15. The lowest BCUT2D eigenvalue weighted by atomic mass is 10.2. The lowest BCUT2D eigenvalue weighted by Gasteiger charge is -2.15. The SMILES string of the molecule is Cc1nc2ccccc2n1CCNC(=O)c1cc(Cl)ccc1OC(C)C. The van der Waals surface area contributed by atoms with Gasteiger partial charge in [0, 0.05) is 18.1 Å². The van der Waals surface area contributed by atoms with Gasteiger partial charge >= 0.3 is 0 Å². The number of amides is 1. The first kappa shape index (κ1) is 18.3. The molecule has 0 radical (unpaired) electrons. The highest BCUT2D eigenvalue weighted by Crippen LogP contribution is 2.24. The Hall–Kier alpha value is -2.53. The van der Waals surface area contributed by atoms with Crippen molar-refractivity contribution >= 4 is 28.5 Å². The van der Waals surface area contributed by atoms with E-state index in [0.717, 1.165) is 16.9 Å². The summed E-state index contributed by atoms with van der Waals surface area (Å²) in [5.74, 6) is 1.25. The van der Waals surface area contributed by atoms with E-state index in [4.69, 9.17) is 16.3 Å². The number of aryl methyl sites for hydroxylation is 1. The molecular formula is C20H22ClN3O2. The predicted molar refractivity (Wildman–Crippen MR) is 104 cm³/mol. The number of halogens is 1. The van der Waals surface area contributed by atoms with Crippen molar-refractivity contribution in [2.45, 2.75) is 33.4 Å². The van der Waals surface area contributed by atoms with Crippen LogP contribution in [0.15, 0.2) is 42.5 Å². The zero-order valence-corrected chi connectivity index (χ0v) is 15.9. The number of nitrogens with zero attached hydrogens (tertiary/aromatic N) is 2. The number of fused-ring (bicyclic) bond motifs is 1. The van der Waals surface area contributed by atoms with Crippen LogP contribution in [0.3, 0.4) is 0 Å². The summed E-state index contributed by atoms with van der Waals surface area (Å²) in [6.07, 6.45) is -0.0253. The fourth-order valence-electron chi connectivity index (χ4n) is 2.89. The number of carbonyl (C=O) groups is 1. The highest BCUT2D eigenvalue weighted by molar-refractivity contribution is 6.31. The second-order valence-electron chi connectivity index (χ2n) is 6.36. The summed E-state index contributed by atoms with van der Waals surface area (Å²) in [6, 6.07) is 13.0. The maximum absolute atomic E-state index is 12.6. The number of aromatic nitrogens is 2. The van der Waals surface area contributed by atoms with Crippen LogP contribution in [0.25, 0.3) is 11.0 Å². The molecule has 0 spiro atoms. The fourth-order valence-corrected chi connectivity index (χ4v) is 3.06. The quantitative estimate of drug-likeness (QED) is 0.706. The summed E-state index contributed by atoms with van der Waals surface area (Å²) >= 11 is 6.05. The van der Waals surface area contributed by atoms with Crippen LogP contribution in [0.1, 0.15) is 30.0 Å². The molecule has 0 aliphatic rings. The number of benzene rings is 2. The zero-order valence-electron chi connectivity index (χ0n) is 15.1. The third kappa shape index (κ3) is 3.99. The third-order valence-electron chi connectivity index (χ3n) is 4.02. The van der Waals surface area contributed by atoms with Crippen LogP contribution in [0, 0.1) is 6.92 Å². The van der Waals surface area contributed by atoms with Crippen LogP contribution >= 0.6 is 11.6 Å². The van der Waals surface area contributed by atoms with Gasteiger partial charge < -0.3 is 14.6 Å². The van der Waals surface area contributed by atoms with Gasteiger partial charge in [-0.05, 0) is 51.1 Å². The zero-order chi connectivity index (χ0) is 18.7. The van der Waals surface area contributed by atoms with Crippen LogP contribution in [-0.2, 0) is 6.54 Å². The van der Waals surface area contributed by atoms with Crippen LogP contribution < -0.4 is 10.1 Å².